The predicted octanol–water partition coefficient (Wildman–Crippen LogP) is 0.772. The maximum atomic E-state index is 11.9. The molecule has 1 amide bonds. The van der Waals surface area contributed by atoms with Gasteiger partial charge < -0.3 is 15.5 Å². The van der Waals surface area contributed by atoms with Gasteiger partial charge in [0.25, 0.3) is 5.69 Å². The molecule has 0 radical (unpaired) electrons. The molecule has 1 saturated heterocycles. The summed E-state index contributed by atoms with van der Waals surface area (Å²) in [5.41, 5.74) is 0.211. The Morgan fingerprint density at radius 2 is 2.35 bits per heavy atom. The number of nitro benzene ring substituents is 1. The summed E-state index contributed by atoms with van der Waals surface area (Å²) in [5.74, 6) is -0.202. The van der Waals surface area contributed by atoms with Crippen LogP contribution in [0.2, 0.25) is 5.02 Å². The fraction of sp³-hybridized carbons (Fsp3) is 0.417. The largest absolute Gasteiger partial charge is 0.357 e. The summed E-state index contributed by atoms with van der Waals surface area (Å²) in [6.45, 7) is 1.53. The zero-order valence-corrected chi connectivity index (χ0v) is 11.7. The molecule has 0 bridgehead atoms. The van der Waals surface area contributed by atoms with Crippen LogP contribution in [0, 0.1) is 10.1 Å². The number of nitrogens with one attached hydrogen (secondary N) is 2. The molecule has 1 heterocycles. The van der Waals surface area contributed by atoms with Crippen LogP contribution in [0.1, 0.15) is 0 Å². The normalized spacial score (nSPS) is 18.7. The van der Waals surface area contributed by atoms with Gasteiger partial charge in [0, 0.05) is 32.7 Å². The van der Waals surface area contributed by atoms with E-state index in [4.69, 9.17) is 11.6 Å². The summed E-state index contributed by atoms with van der Waals surface area (Å²) in [4.78, 5) is 24.3. The Morgan fingerprint density at radius 3 is 3.00 bits per heavy atom. The van der Waals surface area contributed by atoms with Gasteiger partial charge in [0.2, 0.25) is 5.91 Å². The second-order valence-electron chi connectivity index (χ2n) is 4.39. The topological polar surface area (TPSA) is 87.5 Å². The lowest BCUT2D eigenvalue weighted by Gasteiger charge is -2.36. The van der Waals surface area contributed by atoms with Gasteiger partial charge in [0.05, 0.1) is 9.95 Å². The first-order chi connectivity index (χ1) is 9.56. The first-order valence-corrected chi connectivity index (χ1v) is 6.56. The number of nitrogens with zero attached hydrogens (tertiary/aromatic N) is 2. The molecule has 0 saturated carbocycles. The molecule has 0 aromatic heterocycles. The number of carbonyl (C=O) groups is 1. The SMILES string of the molecule is CNC(=O)C1CNCCN1c1c(Cl)cccc1[N+](=O)[O-]. The van der Waals surface area contributed by atoms with E-state index in [1.54, 1.807) is 11.0 Å². The average molecular weight is 299 g/mol. The van der Waals surface area contributed by atoms with E-state index in [0.717, 1.165) is 0 Å². The van der Waals surface area contributed by atoms with Gasteiger partial charge in [-0.15, -0.1) is 0 Å². The quantitative estimate of drug-likeness (QED) is 0.636. The molecule has 2 rings (SSSR count). The molecule has 1 aromatic carbocycles. The number of rotatable bonds is 3. The number of amides is 1. The van der Waals surface area contributed by atoms with Crippen LogP contribution in [0.25, 0.3) is 0 Å². The molecule has 108 valence electrons. The molecule has 1 aromatic rings. The minimum atomic E-state index is -0.521. The lowest BCUT2D eigenvalue weighted by atomic mass is 10.1. The molecule has 1 unspecified atom stereocenters. The van der Waals surface area contributed by atoms with Crippen molar-refractivity contribution in [1.82, 2.24) is 10.6 Å². The number of benzene rings is 1. The maximum absolute atomic E-state index is 11.9. The van der Waals surface area contributed by atoms with Crippen LogP contribution in [-0.2, 0) is 4.79 Å². The zero-order chi connectivity index (χ0) is 14.7. The van der Waals surface area contributed by atoms with E-state index in [2.05, 4.69) is 10.6 Å². The number of likely N-dealkylation sites (N-methyl/N-ethyl adjacent to an activating group) is 1. The Morgan fingerprint density at radius 1 is 1.60 bits per heavy atom. The molecular formula is C12H15ClN4O3. The number of hydrogen-bond donors (Lipinski definition) is 2. The van der Waals surface area contributed by atoms with Crippen molar-refractivity contribution >= 4 is 28.9 Å². The van der Waals surface area contributed by atoms with Crippen LogP contribution < -0.4 is 15.5 Å². The van der Waals surface area contributed by atoms with Gasteiger partial charge in [-0.1, -0.05) is 17.7 Å². The molecule has 0 spiro atoms. The van der Waals surface area contributed by atoms with E-state index in [1.165, 1.54) is 19.2 Å². The molecule has 2 N–H and O–H groups in total. The third kappa shape index (κ3) is 2.68. The van der Waals surface area contributed by atoms with E-state index in [-0.39, 0.29) is 16.6 Å². The Bertz CT molecular complexity index is 537. The Balaban J connectivity index is 2.47. The highest BCUT2D eigenvalue weighted by Gasteiger charge is 2.33. The van der Waals surface area contributed by atoms with Crippen molar-refractivity contribution in [1.29, 1.82) is 0 Å². The molecule has 1 aliphatic rings. The molecular weight excluding hydrogens is 284 g/mol. The molecule has 1 aliphatic heterocycles. The van der Waals surface area contributed by atoms with Gasteiger partial charge in [-0.3, -0.25) is 14.9 Å². The van der Waals surface area contributed by atoms with Crippen LogP contribution in [0.15, 0.2) is 18.2 Å². The van der Waals surface area contributed by atoms with Crippen LogP contribution in [0.5, 0.6) is 0 Å². The second-order valence-corrected chi connectivity index (χ2v) is 4.80. The average Bonchev–Trinajstić information content (AvgIpc) is 2.46. The molecule has 0 aliphatic carbocycles. The van der Waals surface area contributed by atoms with Crippen LogP contribution in [0.3, 0.4) is 0 Å². The van der Waals surface area contributed by atoms with Gasteiger partial charge in [0.1, 0.15) is 11.7 Å². The monoisotopic (exact) mass is 298 g/mol. The van der Waals surface area contributed by atoms with Crippen molar-refractivity contribution in [3.8, 4) is 0 Å². The summed E-state index contributed by atoms with van der Waals surface area (Å²) < 4.78 is 0. The van der Waals surface area contributed by atoms with Crippen molar-refractivity contribution in [2.45, 2.75) is 6.04 Å². The van der Waals surface area contributed by atoms with Crippen LogP contribution in [-0.4, -0.2) is 43.6 Å². The summed E-state index contributed by atoms with van der Waals surface area (Å²) >= 11 is 6.12. The third-order valence-electron chi connectivity index (χ3n) is 3.24. The van der Waals surface area contributed by atoms with Crippen molar-refractivity contribution in [3.63, 3.8) is 0 Å². The number of halogens is 1. The Kier molecular flexibility index (Phi) is 4.41. The Hall–Kier alpha value is -1.86. The number of carbonyl (C=O) groups excluding carboxylic acids is 1. The molecule has 7 nitrogen and oxygen atoms in total. The minimum Gasteiger partial charge on any atom is -0.357 e. The Labute approximate surface area is 121 Å². The smallest absolute Gasteiger partial charge is 0.294 e. The van der Waals surface area contributed by atoms with E-state index in [0.29, 0.717) is 25.3 Å². The highest BCUT2D eigenvalue weighted by Crippen LogP contribution is 2.36. The zero-order valence-electron chi connectivity index (χ0n) is 10.9. The van der Waals surface area contributed by atoms with Crippen molar-refractivity contribution < 1.29 is 9.72 Å². The van der Waals surface area contributed by atoms with E-state index < -0.39 is 11.0 Å². The van der Waals surface area contributed by atoms with Crippen molar-refractivity contribution in [3.05, 3.63) is 33.3 Å². The predicted molar refractivity (Wildman–Crippen MR) is 76.2 cm³/mol. The molecule has 1 fully saturated rings. The van der Waals surface area contributed by atoms with Gasteiger partial charge in [-0.2, -0.15) is 0 Å². The first kappa shape index (κ1) is 14.5. The number of para-hydroxylation sites is 1. The lowest BCUT2D eigenvalue weighted by molar-refractivity contribution is -0.384. The standard InChI is InChI=1S/C12H15ClN4O3/c1-14-12(18)10-7-15-5-6-16(10)11-8(13)3-2-4-9(11)17(19)20/h2-4,10,15H,5-7H2,1H3,(H,14,18). The fourth-order valence-electron chi connectivity index (χ4n) is 2.31. The number of nitro groups is 1. The van der Waals surface area contributed by atoms with E-state index >= 15 is 0 Å². The molecule has 1 atom stereocenters. The summed E-state index contributed by atoms with van der Waals surface area (Å²) in [6.07, 6.45) is 0. The van der Waals surface area contributed by atoms with Gasteiger partial charge in [-0.25, -0.2) is 0 Å². The third-order valence-corrected chi connectivity index (χ3v) is 3.55. The van der Waals surface area contributed by atoms with Gasteiger partial charge in [-0.05, 0) is 6.07 Å². The maximum Gasteiger partial charge on any atom is 0.294 e. The first-order valence-electron chi connectivity index (χ1n) is 6.18. The van der Waals surface area contributed by atoms with Crippen molar-refractivity contribution in [2.75, 3.05) is 31.6 Å². The van der Waals surface area contributed by atoms with Crippen LogP contribution in [0.4, 0.5) is 11.4 Å². The summed E-state index contributed by atoms with van der Waals surface area (Å²) in [5, 5.41) is 17.1. The fourth-order valence-corrected chi connectivity index (χ4v) is 2.59. The summed E-state index contributed by atoms with van der Waals surface area (Å²) in [6, 6.07) is 3.99. The highest BCUT2D eigenvalue weighted by molar-refractivity contribution is 6.34. The van der Waals surface area contributed by atoms with Crippen LogP contribution >= 0.6 is 11.6 Å². The van der Waals surface area contributed by atoms with Gasteiger partial charge in [0.15, 0.2) is 0 Å². The van der Waals surface area contributed by atoms with Gasteiger partial charge >= 0.3 is 0 Å². The number of anilines is 1. The lowest BCUT2D eigenvalue weighted by Crippen LogP contribution is -2.57. The molecule has 20 heavy (non-hydrogen) atoms. The second kappa shape index (κ2) is 6.06. The van der Waals surface area contributed by atoms with Crippen molar-refractivity contribution in [2.24, 2.45) is 0 Å². The molecule has 8 heteroatoms. The summed E-state index contributed by atoms with van der Waals surface area (Å²) in [7, 11) is 1.54. The van der Waals surface area contributed by atoms with E-state index in [1.807, 2.05) is 0 Å². The number of piperazine rings is 1. The highest BCUT2D eigenvalue weighted by atomic mass is 35.5. The minimum absolute atomic E-state index is 0.0895. The number of hydrogen-bond acceptors (Lipinski definition) is 5. The van der Waals surface area contributed by atoms with E-state index in [9.17, 15) is 14.9 Å².